The molecule has 0 atom stereocenters. The molecular formula is C24H20N8O3. The minimum absolute atomic E-state index is 0.0668. The number of carbonyl (C=O) groups is 1. The summed E-state index contributed by atoms with van der Waals surface area (Å²) in [5.74, 6) is -1.40. The number of nitrogens with zero attached hydrogens (tertiary/aromatic N) is 7. The first-order valence-electron chi connectivity index (χ1n) is 10.8. The Morgan fingerprint density at radius 1 is 1.11 bits per heavy atom. The first-order chi connectivity index (χ1) is 16.8. The van der Waals surface area contributed by atoms with Crippen LogP contribution in [0.2, 0.25) is 0 Å². The molecule has 1 aliphatic carbocycles. The first kappa shape index (κ1) is 22.1. The van der Waals surface area contributed by atoms with Crippen molar-refractivity contribution < 1.29 is 15.0 Å². The second kappa shape index (κ2) is 8.58. The summed E-state index contributed by atoms with van der Waals surface area (Å²) in [5, 5.41) is 37.3. The number of aromatic nitrogens is 6. The third-order valence-electron chi connectivity index (χ3n) is 5.96. The first-order valence-corrected chi connectivity index (χ1v) is 10.8. The number of hydrogen-bond donors (Lipinski definition) is 3. The van der Waals surface area contributed by atoms with Gasteiger partial charge >= 0.3 is 5.97 Å². The van der Waals surface area contributed by atoms with Gasteiger partial charge in [0.05, 0.1) is 53.1 Å². The maximum Gasteiger partial charge on any atom is 0.306 e. The van der Waals surface area contributed by atoms with Gasteiger partial charge in [-0.25, -0.2) is 14.6 Å². The molecule has 3 aromatic heterocycles. The number of nitrogen functional groups attached to an aromatic ring is 1. The average molecular weight is 468 g/mol. The number of nitrogens with two attached hydrogens (primary N) is 1. The van der Waals surface area contributed by atoms with E-state index in [2.05, 4.69) is 31.3 Å². The van der Waals surface area contributed by atoms with Crippen LogP contribution in [0.3, 0.4) is 0 Å². The molecule has 1 aliphatic rings. The molecule has 4 aromatic rings. The van der Waals surface area contributed by atoms with Gasteiger partial charge in [0, 0.05) is 5.56 Å². The van der Waals surface area contributed by atoms with Crippen molar-refractivity contribution in [3.63, 3.8) is 0 Å². The fraction of sp³-hybridized carbons (Fsp3) is 0.208. The van der Waals surface area contributed by atoms with E-state index in [1.807, 2.05) is 6.07 Å². The van der Waals surface area contributed by atoms with Crippen LogP contribution in [0.25, 0.3) is 22.6 Å². The summed E-state index contributed by atoms with van der Waals surface area (Å²) in [6, 6.07) is 16.1. The summed E-state index contributed by atoms with van der Waals surface area (Å²) in [5.41, 5.74) is 8.53. The van der Waals surface area contributed by atoms with Crippen molar-refractivity contribution in [1.82, 2.24) is 29.9 Å². The van der Waals surface area contributed by atoms with Crippen molar-refractivity contribution in [2.75, 3.05) is 5.73 Å². The summed E-state index contributed by atoms with van der Waals surface area (Å²) in [4.78, 5) is 24.2. The lowest BCUT2D eigenvalue weighted by atomic mass is 9.69. The van der Waals surface area contributed by atoms with E-state index in [-0.39, 0.29) is 25.3 Å². The molecule has 0 radical (unpaired) electrons. The molecule has 0 unspecified atom stereocenters. The molecule has 11 nitrogen and oxygen atoms in total. The summed E-state index contributed by atoms with van der Waals surface area (Å²) in [6.07, 6.45) is 1.98. The fourth-order valence-corrected chi connectivity index (χ4v) is 4.12. The van der Waals surface area contributed by atoms with Gasteiger partial charge < -0.3 is 15.9 Å². The molecule has 0 bridgehead atoms. The second-order valence-electron chi connectivity index (χ2n) is 8.48. The van der Waals surface area contributed by atoms with E-state index in [9.17, 15) is 9.90 Å². The van der Waals surface area contributed by atoms with E-state index in [1.165, 1.54) is 0 Å². The zero-order chi connectivity index (χ0) is 24.6. The maximum absolute atomic E-state index is 11.1. The maximum atomic E-state index is 11.1. The van der Waals surface area contributed by atoms with Gasteiger partial charge in [0.2, 0.25) is 5.95 Å². The number of hydrogen-bond acceptors (Lipinski definition) is 9. The van der Waals surface area contributed by atoms with Crippen LogP contribution in [0, 0.1) is 17.2 Å². The summed E-state index contributed by atoms with van der Waals surface area (Å²) >= 11 is 0. The van der Waals surface area contributed by atoms with Crippen molar-refractivity contribution in [3.8, 4) is 28.7 Å². The van der Waals surface area contributed by atoms with Crippen molar-refractivity contribution in [1.29, 1.82) is 5.26 Å². The lowest BCUT2D eigenvalue weighted by Gasteiger charge is -2.41. The van der Waals surface area contributed by atoms with E-state index < -0.39 is 17.5 Å². The Balaban J connectivity index is 1.36. The molecule has 35 heavy (non-hydrogen) atoms. The van der Waals surface area contributed by atoms with Gasteiger partial charge in [-0.15, -0.1) is 5.10 Å². The molecule has 0 amide bonds. The molecule has 1 fully saturated rings. The SMILES string of the molecule is N#Cc1cccc(-c2cc(-c3cn(Cc4cccc(C5(O)CC(C(=O)O)C5)n4)nn3)nc(N)n2)c1. The van der Waals surface area contributed by atoms with Gasteiger partial charge in [-0.2, -0.15) is 5.26 Å². The highest BCUT2D eigenvalue weighted by molar-refractivity contribution is 5.72. The van der Waals surface area contributed by atoms with Gasteiger partial charge in [0.25, 0.3) is 0 Å². The molecule has 3 heterocycles. The van der Waals surface area contributed by atoms with Crippen molar-refractivity contribution in [2.45, 2.75) is 25.0 Å². The van der Waals surface area contributed by atoms with Gasteiger partial charge in [0.1, 0.15) is 11.3 Å². The van der Waals surface area contributed by atoms with Crippen LogP contribution in [0.1, 0.15) is 29.8 Å². The third kappa shape index (κ3) is 4.42. The molecule has 11 heteroatoms. The average Bonchev–Trinajstić information content (AvgIpc) is 3.30. The van der Waals surface area contributed by atoms with Crippen LogP contribution in [0.4, 0.5) is 5.95 Å². The molecule has 1 aromatic carbocycles. The minimum atomic E-state index is -1.23. The number of rotatable bonds is 6. The molecular weight excluding hydrogens is 448 g/mol. The quantitative estimate of drug-likeness (QED) is 0.379. The molecule has 0 aliphatic heterocycles. The monoisotopic (exact) mass is 468 g/mol. The Morgan fingerprint density at radius 2 is 1.89 bits per heavy atom. The van der Waals surface area contributed by atoms with Crippen LogP contribution in [-0.2, 0) is 16.9 Å². The zero-order valence-corrected chi connectivity index (χ0v) is 18.4. The van der Waals surface area contributed by atoms with Crippen LogP contribution in [-0.4, -0.2) is 46.1 Å². The molecule has 174 valence electrons. The van der Waals surface area contributed by atoms with Crippen LogP contribution < -0.4 is 5.73 Å². The van der Waals surface area contributed by atoms with Gasteiger partial charge in [-0.05, 0) is 43.2 Å². The number of carboxylic acids is 1. The lowest BCUT2D eigenvalue weighted by molar-refractivity contribution is -0.160. The summed E-state index contributed by atoms with van der Waals surface area (Å²) in [6.45, 7) is 0.289. The number of pyridine rings is 1. The normalized spacial score (nSPS) is 19.0. The highest BCUT2D eigenvalue weighted by atomic mass is 16.4. The predicted molar refractivity (Wildman–Crippen MR) is 123 cm³/mol. The van der Waals surface area contributed by atoms with Crippen LogP contribution >= 0.6 is 0 Å². The van der Waals surface area contributed by atoms with Crippen LogP contribution in [0.5, 0.6) is 0 Å². The fourth-order valence-electron chi connectivity index (χ4n) is 4.12. The molecule has 1 saturated carbocycles. The Morgan fingerprint density at radius 3 is 2.66 bits per heavy atom. The number of benzene rings is 1. The number of aliphatic hydroxyl groups is 1. The molecule has 0 spiro atoms. The lowest BCUT2D eigenvalue weighted by Crippen LogP contribution is -2.45. The number of anilines is 1. The van der Waals surface area contributed by atoms with Crippen molar-refractivity contribution >= 4 is 11.9 Å². The number of nitriles is 1. The van der Waals surface area contributed by atoms with Crippen LogP contribution in [0.15, 0.2) is 54.7 Å². The highest BCUT2D eigenvalue weighted by Crippen LogP contribution is 2.45. The summed E-state index contributed by atoms with van der Waals surface area (Å²) < 4.78 is 1.58. The van der Waals surface area contributed by atoms with E-state index >= 15 is 0 Å². The summed E-state index contributed by atoms with van der Waals surface area (Å²) in [7, 11) is 0. The second-order valence-corrected chi connectivity index (χ2v) is 8.48. The van der Waals surface area contributed by atoms with Crippen molar-refractivity contribution in [3.05, 3.63) is 71.7 Å². The Labute approximate surface area is 199 Å². The topological polar surface area (TPSA) is 177 Å². The van der Waals surface area contributed by atoms with E-state index in [4.69, 9.17) is 16.1 Å². The van der Waals surface area contributed by atoms with Crippen molar-refractivity contribution in [2.24, 2.45) is 5.92 Å². The van der Waals surface area contributed by atoms with Gasteiger partial charge in [-0.3, -0.25) is 9.78 Å². The van der Waals surface area contributed by atoms with Gasteiger partial charge in [0.15, 0.2) is 0 Å². The third-order valence-corrected chi connectivity index (χ3v) is 5.96. The molecule has 4 N–H and O–H groups in total. The standard InChI is InChI=1S/C24H20N8O3/c25-11-14-3-1-4-15(7-14)18-8-19(29-23(26)28-18)20-13-32(31-30-20)12-17-5-2-6-21(27-17)24(35)9-16(10-24)22(33)34/h1-8,13,16,35H,9-10,12H2,(H,33,34)(H2,26,28,29). The van der Waals surface area contributed by atoms with E-state index in [1.54, 1.807) is 53.3 Å². The minimum Gasteiger partial charge on any atom is -0.481 e. The Kier molecular flexibility index (Phi) is 5.43. The number of carboxylic acid groups (broad SMARTS) is 1. The van der Waals surface area contributed by atoms with E-state index in [0.717, 1.165) is 5.56 Å². The Bertz CT molecular complexity index is 1470. The predicted octanol–water partition coefficient (Wildman–Crippen LogP) is 1.98. The molecule has 0 saturated heterocycles. The largest absolute Gasteiger partial charge is 0.481 e. The zero-order valence-electron chi connectivity index (χ0n) is 18.4. The number of aliphatic carboxylic acids is 1. The van der Waals surface area contributed by atoms with E-state index in [0.29, 0.717) is 34.0 Å². The molecule has 5 rings (SSSR count). The smallest absolute Gasteiger partial charge is 0.306 e. The Hall–Kier alpha value is -4.69. The highest BCUT2D eigenvalue weighted by Gasteiger charge is 2.48. The van der Waals surface area contributed by atoms with Gasteiger partial charge in [-0.1, -0.05) is 23.4 Å².